The van der Waals surface area contributed by atoms with E-state index >= 15 is 0 Å². The number of thioether (sulfide) groups is 1. The first-order valence-corrected chi connectivity index (χ1v) is 9.44. The van der Waals surface area contributed by atoms with Crippen molar-refractivity contribution in [3.63, 3.8) is 0 Å². The van der Waals surface area contributed by atoms with Crippen LogP contribution in [0.25, 0.3) is 10.9 Å². The molecule has 0 aliphatic heterocycles. The normalized spacial score (nSPS) is 10.8. The number of anilines is 1. The van der Waals surface area contributed by atoms with Gasteiger partial charge in [0.25, 0.3) is 0 Å². The van der Waals surface area contributed by atoms with Crippen molar-refractivity contribution < 1.29 is 4.79 Å². The SMILES string of the molecule is CCc1cc2cccc(C)c2nc1SCC(=O)Nc1ccccc1C. The number of aromatic nitrogens is 1. The highest BCUT2D eigenvalue weighted by molar-refractivity contribution is 8.00. The van der Waals surface area contributed by atoms with Crippen LogP contribution in [0.15, 0.2) is 53.6 Å². The average Bonchev–Trinajstić information content (AvgIpc) is 2.61. The van der Waals surface area contributed by atoms with Crippen molar-refractivity contribution in [1.29, 1.82) is 0 Å². The van der Waals surface area contributed by atoms with Crippen LogP contribution in [0.5, 0.6) is 0 Å². The van der Waals surface area contributed by atoms with Crippen molar-refractivity contribution in [1.82, 2.24) is 4.98 Å². The highest BCUT2D eigenvalue weighted by atomic mass is 32.2. The topological polar surface area (TPSA) is 42.0 Å². The van der Waals surface area contributed by atoms with E-state index in [0.717, 1.165) is 39.2 Å². The van der Waals surface area contributed by atoms with E-state index in [-0.39, 0.29) is 5.91 Å². The minimum atomic E-state index is -0.00645. The number of nitrogens with one attached hydrogen (secondary N) is 1. The Hall–Kier alpha value is -2.33. The number of carbonyl (C=O) groups is 1. The molecule has 0 atom stereocenters. The van der Waals surface area contributed by atoms with Gasteiger partial charge in [0.05, 0.1) is 11.3 Å². The van der Waals surface area contributed by atoms with Crippen LogP contribution in [0, 0.1) is 13.8 Å². The number of benzene rings is 2. The van der Waals surface area contributed by atoms with Crippen molar-refractivity contribution >= 4 is 34.3 Å². The lowest BCUT2D eigenvalue weighted by molar-refractivity contribution is -0.113. The summed E-state index contributed by atoms with van der Waals surface area (Å²) in [4.78, 5) is 17.1. The third-order valence-corrected chi connectivity index (χ3v) is 5.26. The summed E-state index contributed by atoms with van der Waals surface area (Å²) in [6.45, 7) is 6.18. The van der Waals surface area contributed by atoms with Crippen molar-refractivity contribution in [3.05, 3.63) is 65.2 Å². The van der Waals surface area contributed by atoms with Crippen LogP contribution >= 0.6 is 11.8 Å². The van der Waals surface area contributed by atoms with Gasteiger partial charge in [-0.2, -0.15) is 0 Å². The Morgan fingerprint density at radius 3 is 2.60 bits per heavy atom. The van der Waals surface area contributed by atoms with E-state index < -0.39 is 0 Å². The standard InChI is InChI=1S/C21H22N2OS/c1-4-16-12-17-10-7-9-15(3)20(17)23-21(16)25-13-19(24)22-18-11-6-5-8-14(18)2/h5-12H,4,13H2,1-3H3,(H,22,24). The summed E-state index contributed by atoms with van der Waals surface area (Å²) in [6.07, 6.45) is 0.901. The number of nitrogens with zero attached hydrogens (tertiary/aromatic N) is 1. The lowest BCUT2D eigenvalue weighted by Gasteiger charge is -2.11. The van der Waals surface area contributed by atoms with E-state index in [0.29, 0.717) is 5.75 Å². The minimum absolute atomic E-state index is 0.00645. The van der Waals surface area contributed by atoms with Gasteiger partial charge in [0, 0.05) is 11.1 Å². The average molecular weight is 350 g/mol. The van der Waals surface area contributed by atoms with Gasteiger partial charge in [0.15, 0.2) is 0 Å². The van der Waals surface area contributed by atoms with Crippen LogP contribution < -0.4 is 5.32 Å². The summed E-state index contributed by atoms with van der Waals surface area (Å²) in [7, 11) is 0. The van der Waals surface area contributed by atoms with Crippen LogP contribution in [-0.2, 0) is 11.2 Å². The first-order chi connectivity index (χ1) is 12.1. The molecule has 4 heteroatoms. The van der Waals surface area contributed by atoms with Gasteiger partial charge in [0.2, 0.25) is 5.91 Å². The second kappa shape index (κ2) is 7.70. The molecular formula is C21H22N2OS. The van der Waals surface area contributed by atoms with E-state index in [2.05, 4.69) is 43.4 Å². The van der Waals surface area contributed by atoms with Crippen LogP contribution in [0.3, 0.4) is 0 Å². The van der Waals surface area contributed by atoms with Crippen molar-refractivity contribution in [3.8, 4) is 0 Å². The zero-order chi connectivity index (χ0) is 17.8. The van der Waals surface area contributed by atoms with E-state index in [1.165, 1.54) is 17.3 Å². The summed E-state index contributed by atoms with van der Waals surface area (Å²) in [5.41, 5.74) is 5.29. The van der Waals surface area contributed by atoms with E-state index in [1.54, 1.807) is 0 Å². The smallest absolute Gasteiger partial charge is 0.234 e. The zero-order valence-electron chi connectivity index (χ0n) is 14.8. The Kier molecular flexibility index (Phi) is 5.39. The molecule has 3 aromatic rings. The molecule has 0 aliphatic carbocycles. The second-order valence-corrected chi connectivity index (χ2v) is 7.07. The third kappa shape index (κ3) is 4.02. The Labute approximate surface area is 152 Å². The van der Waals surface area contributed by atoms with Crippen molar-refractivity contribution in [2.24, 2.45) is 0 Å². The highest BCUT2D eigenvalue weighted by Gasteiger charge is 2.11. The molecule has 0 saturated carbocycles. The van der Waals surface area contributed by atoms with Crippen molar-refractivity contribution in [2.75, 3.05) is 11.1 Å². The molecule has 1 amide bonds. The monoisotopic (exact) mass is 350 g/mol. The zero-order valence-corrected chi connectivity index (χ0v) is 15.6. The van der Waals surface area contributed by atoms with Crippen LogP contribution in [0.2, 0.25) is 0 Å². The fourth-order valence-corrected chi connectivity index (χ4v) is 3.67. The number of rotatable bonds is 5. The summed E-state index contributed by atoms with van der Waals surface area (Å²) < 4.78 is 0. The second-order valence-electron chi connectivity index (χ2n) is 6.10. The molecule has 0 unspecified atom stereocenters. The first kappa shape index (κ1) is 17.5. The molecule has 2 aromatic carbocycles. The predicted molar refractivity (Wildman–Crippen MR) is 106 cm³/mol. The number of aryl methyl sites for hydroxylation is 3. The summed E-state index contributed by atoms with van der Waals surface area (Å²) >= 11 is 1.51. The molecule has 128 valence electrons. The van der Waals surface area contributed by atoms with Crippen molar-refractivity contribution in [2.45, 2.75) is 32.2 Å². The Balaban J connectivity index is 1.77. The van der Waals surface area contributed by atoms with Gasteiger partial charge in [-0.05, 0) is 49.1 Å². The van der Waals surface area contributed by atoms with Gasteiger partial charge in [-0.15, -0.1) is 0 Å². The molecule has 1 heterocycles. The largest absolute Gasteiger partial charge is 0.325 e. The number of fused-ring (bicyclic) bond motifs is 1. The maximum absolute atomic E-state index is 12.3. The molecule has 0 aliphatic rings. The summed E-state index contributed by atoms with van der Waals surface area (Å²) in [6, 6.07) is 16.2. The number of carbonyl (C=O) groups excluding carboxylic acids is 1. The molecule has 25 heavy (non-hydrogen) atoms. The lowest BCUT2D eigenvalue weighted by Crippen LogP contribution is -2.15. The minimum Gasteiger partial charge on any atom is -0.325 e. The summed E-state index contributed by atoms with van der Waals surface area (Å²) in [5, 5.41) is 5.09. The van der Waals surface area contributed by atoms with Gasteiger partial charge >= 0.3 is 0 Å². The predicted octanol–water partition coefficient (Wildman–Crippen LogP) is 5.14. The van der Waals surface area contributed by atoms with Gasteiger partial charge in [-0.25, -0.2) is 4.98 Å². The maximum Gasteiger partial charge on any atom is 0.234 e. The fourth-order valence-electron chi connectivity index (χ4n) is 2.79. The Morgan fingerprint density at radius 1 is 1.08 bits per heavy atom. The molecule has 0 saturated heterocycles. The Morgan fingerprint density at radius 2 is 1.84 bits per heavy atom. The molecule has 3 nitrogen and oxygen atoms in total. The molecule has 1 aromatic heterocycles. The number of hydrogen-bond acceptors (Lipinski definition) is 3. The molecule has 0 radical (unpaired) electrons. The van der Waals surface area contributed by atoms with E-state index in [1.807, 2.05) is 31.2 Å². The number of pyridine rings is 1. The molecule has 0 bridgehead atoms. The van der Waals surface area contributed by atoms with E-state index in [4.69, 9.17) is 4.98 Å². The number of hydrogen-bond donors (Lipinski definition) is 1. The van der Waals surface area contributed by atoms with Gasteiger partial charge in [-0.1, -0.05) is 55.1 Å². The molecule has 1 N–H and O–H groups in total. The number of amides is 1. The van der Waals surface area contributed by atoms with Crippen LogP contribution in [0.1, 0.15) is 23.6 Å². The van der Waals surface area contributed by atoms with Crippen LogP contribution in [0.4, 0.5) is 5.69 Å². The molecule has 0 fully saturated rings. The quantitative estimate of drug-likeness (QED) is 0.648. The lowest BCUT2D eigenvalue weighted by atomic mass is 10.1. The first-order valence-electron chi connectivity index (χ1n) is 8.46. The maximum atomic E-state index is 12.3. The van der Waals surface area contributed by atoms with Gasteiger partial charge < -0.3 is 5.32 Å². The molecule has 3 rings (SSSR count). The third-order valence-electron chi connectivity index (χ3n) is 4.23. The van der Waals surface area contributed by atoms with Crippen LogP contribution in [-0.4, -0.2) is 16.6 Å². The van der Waals surface area contributed by atoms with E-state index in [9.17, 15) is 4.79 Å². The van der Waals surface area contributed by atoms with Gasteiger partial charge in [0.1, 0.15) is 5.03 Å². The summed E-state index contributed by atoms with van der Waals surface area (Å²) in [5.74, 6) is 0.346. The molecular weight excluding hydrogens is 328 g/mol. The highest BCUT2D eigenvalue weighted by Crippen LogP contribution is 2.27. The fraction of sp³-hybridized carbons (Fsp3) is 0.238. The molecule has 0 spiro atoms. The van der Waals surface area contributed by atoms with Gasteiger partial charge in [-0.3, -0.25) is 4.79 Å². The Bertz CT molecular complexity index is 921. The number of para-hydroxylation sites is 2.